The SMILES string of the molecule is CCCC(CC)N(Cc1ccccc1)c1cc[c]cc1. The summed E-state index contributed by atoms with van der Waals surface area (Å²) in [4.78, 5) is 2.53. The van der Waals surface area contributed by atoms with Gasteiger partial charge in [0.2, 0.25) is 0 Å². The molecule has 1 heteroatoms. The summed E-state index contributed by atoms with van der Waals surface area (Å²) in [6, 6.07) is 22.8. The molecule has 0 aliphatic heterocycles. The lowest BCUT2D eigenvalue weighted by atomic mass is 10.0. The average Bonchev–Trinajstić information content (AvgIpc) is 2.52. The zero-order chi connectivity index (χ0) is 14.2. The Morgan fingerprint density at radius 2 is 1.70 bits per heavy atom. The molecule has 1 nitrogen and oxygen atoms in total. The monoisotopic (exact) mass is 266 g/mol. The van der Waals surface area contributed by atoms with Crippen LogP contribution < -0.4 is 4.90 Å². The van der Waals surface area contributed by atoms with Crippen LogP contribution >= 0.6 is 0 Å². The van der Waals surface area contributed by atoms with Crippen molar-refractivity contribution in [2.75, 3.05) is 4.90 Å². The Hall–Kier alpha value is -1.76. The summed E-state index contributed by atoms with van der Waals surface area (Å²) in [6.45, 7) is 5.53. The molecular weight excluding hydrogens is 242 g/mol. The van der Waals surface area contributed by atoms with Crippen LogP contribution in [-0.2, 0) is 6.54 Å². The standard InChI is InChI=1S/C19H24N/c1-3-11-18(4-2)20(19-14-9-6-10-15-19)16-17-12-7-5-8-13-17/h5,7-10,12-15,18H,3-4,11,16H2,1-2H3. The number of rotatable bonds is 7. The molecule has 0 bridgehead atoms. The lowest BCUT2D eigenvalue weighted by Gasteiger charge is -2.33. The summed E-state index contributed by atoms with van der Waals surface area (Å²) in [7, 11) is 0. The molecule has 0 saturated carbocycles. The largest absolute Gasteiger partial charge is 0.364 e. The predicted molar refractivity (Wildman–Crippen MR) is 86.9 cm³/mol. The van der Waals surface area contributed by atoms with Crippen LogP contribution in [0.4, 0.5) is 5.69 Å². The van der Waals surface area contributed by atoms with E-state index in [2.05, 4.69) is 67.3 Å². The first-order chi connectivity index (χ1) is 9.85. The highest BCUT2D eigenvalue weighted by Gasteiger charge is 2.16. The van der Waals surface area contributed by atoms with E-state index in [1.54, 1.807) is 0 Å². The zero-order valence-corrected chi connectivity index (χ0v) is 12.5. The van der Waals surface area contributed by atoms with Gasteiger partial charge in [0.05, 0.1) is 0 Å². The smallest absolute Gasteiger partial charge is 0.0432 e. The molecule has 0 aliphatic carbocycles. The molecule has 20 heavy (non-hydrogen) atoms. The Balaban J connectivity index is 2.24. The second-order valence-electron chi connectivity index (χ2n) is 5.22. The molecule has 1 unspecified atom stereocenters. The molecule has 1 radical (unpaired) electrons. The van der Waals surface area contributed by atoms with Crippen molar-refractivity contribution in [2.24, 2.45) is 0 Å². The minimum Gasteiger partial charge on any atom is -0.364 e. The molecule has 0 aromatic heterocycles. The lowest BCUT2D eigenvalue weighted by molar-refractivity contribution is 0.526. The van der Waals surface area contributed by atoms with E-state index in [1.165, 1.54) is 30.5 Å². The van der Waals surface area contributed by atoms with Gasteiger partial charge in [-0.2, -0.15) is 0 Å². The third-order valence-electron chi connectivity index (χ3n) is 3.76. The van der Waals surface area contributed by atoms with Crippen molar-refractivity contribution < 1.29 is 0 Å². The van der Waals surface area contributed by atoms with E-state index < -0.39 is 0 Å². The van der Waals surface area contributed by atoms with Gasteiger partial charge in [-0.25, -0.2) is 0 Å². The maximum Gasteiger partial charge on any atom is 0.0432 e. The molecular formula is C19H24N. The first-order valence-electron chi connectivity index (χ1n) is 7.61. The van der Waals surface area contributed by atoms with Gasteiger partial charge >= 0.3 is 0 Å². The van der Waals surface area contributed by atoms with Gasteiger partial charge in [0, 0.05) is 18.3 Å². The van der Waals surface area contributed by atoms with Gasteiger partial charge < -0.3 is 4.90 Å². The number of hydrogen-bond acceptors (Lipinski definition) is 1. The summed E-state index contributed by atoms with van der Waals surface area (Å²) < 4.78 is 0. The Morgan fingerprint density at radius 1 is 1.00 bits per heavy atom. The van der Waals surface area contributed by atoms with Gasteiger partial charge in [0.15, 0.2) is 0 Å². The summed E-state index contributed by atoms with van der Waals surface area (Å²) in [5.74, 6) is 0. The molecule has 0 saturated heterocycles. The highest BCUT2D eigenvalue weighted by atomic mass is 15.2. The minimum atomic E-state index is 0.600. The van der Waals surface area contributed by atoms with E-state index in [4.69, 9.17) is 0 Å². The van der Waals surface area contributed by atoms with Gasteiger partial charge in [0.1, 0.15) is 0 Å². The van der Waals surface area contributed by atoms with Gasteiger partial charge in [-0.3, -0.25) is 0 Å². The van der Waals surface area contributed by atoms with Crippen LogP contribution in [0.2, 0.25) is 0 Å². The number of benzene rings is 2. The molecule has 0 fully saturated rings. The molecule has 0 spiro atoms. The third-order valence-corrected chi connectivity index (χ3v) is 3.76. The van der Waals surface area contributed by atoms with Crippen molar-refractivity contribution in [1.29, 1.82) is 0 Å². The van der Waals surface area contributed by atoms with Gasteiger partial charge in [-0.15, -0.1) is 0 Å². The summed E-state index contributed by atoms with van der Waals surface area (Å²) in [6.07, 6.45) is 3.64. The fraction of sp³-hybridized carbons (Fsp3) is 0.368. The second kappa shape index (κ2) is 7.74. The van der Waals surface area contributed by atoms with Gasteiger partial charge in [0.25, 0.3) is 0 Å². The third kappa shape index (κ3) is 3.86. The summed E-state index contributed by atoms with van der Waals surface area (Å²) in [5.41, 5.74) is 2.67. The second-order valence-corrected chi connectivity index (χ2v) is 5.22. The quantitative estimate of drug-likeness (QED) is 0.676. The molecule has 105 valence electrons. The number of hydrogen-bond donors (Lipinski definition) is 0. The Bertz CT molecular complexity index is 478. The van der Waals surface area contributed by atoms with Crippen LogP contribution in [0.3, 0.4) is 0 Å². The maximum absolute atomic E-state index is 3.11. The Labute approximate surface area is 123 Å². The molecule has 0 amide bonds. The number of nitrogens with zero attached hydrogens (tertiary/aromatic N) is 1. The molecule has 0 aliphatic rings. The maximum atomic E-state index is 3.11. The van der Waals surface area contributed by atoms with Crippen LogP contribution in [0.1, 0.15) is 38.7 Å². The van der Waals surface area contributed by atoms with Crippen molar-refractivity contribution in [3.8, 4) is 0 Å². The van der Waals surface area contributed by atoms with E-state index in [0.29, 0.717) is 6.04 Å². The normalized spacial score (nSPS) is 12.1. The Morgan fingerprint density at radius 3 is 2.30 bits per heavy atom. The molecule has 2 rings (SSSR count). The average molecular weight is 266 g/mol. The fourth-order valence-corrected chi connectivity index (χ4v) is 2.69. The molecule has 1 atom stereocenters. The predicted octanol–water partition coefficient (Wildman–Crippen LogP) is 5.07. The van der Waals surface area contributed by atoms with Crippen LogP contribution in [0.25, 0.3) is 0 Å². The molecule has 0 heterocycles. The van der Waals surface area contributed by atoms with Crippen LogP contribution in [0.15, 0.2) is 54.6 Å². The van der Waals surface area contributed by atoms with Crippen LogP contribution in [0, 0.1) is 6.07 Å². The van der Waals surface area contributed by atoms with Gasteiger partial charge in [-0.1, -0.05) is 62.7 Å². The van der Waals surface area contributed by atoms with Crippen LogP contribution in [-0.4, -0.2) is 6.04 Å². The zero-order valence-electron chi connectivity index (χ0n) is 12.5. The molecule has 0 N–H and O–H groups in total. The van der Waals surface area contributed by atoms with Crippen molar-refractivity contribution >= 4 is 5.69 Å². The molecule has 2 aromatic rings. The van der Waals surface area contributed by atoms with Crippen molar-refractivity contribution in [3.63, 3.8) is 0 Å². The minimum absolute atomic E-state index is 0.600. The summed E-state index contributed by atoms with van der Waals surface area (Å²) >= 11 is 0. The van der Waals surface area contributed by atoms with E-state index in [-0.39, 0.29) is 0 Å². The fourth-order valence-electron chi connectivity index (χ4n) is 2.69. The van der Waals surface area contributed by atoms with Crippen molar-refractivity contribution in [1.82, 2.24) is 0 Å². The topological polar surface area (TPSA) is 3.24 Å². The van der Waals surface area contributed by atoms with Crippen molar-refractivity contribution in [2.45, 2.75) is 45.7 Å². The van der Waals surface area contributed by atoms with Gasteiger partial charge in [-0.05, 0) is 36.6 Å². The summed E-state index contributed by atoms with van der Waals surface area (Å²) in [5, 5.41) is 0. The first-order valence-corrected chi connectivity index (χ1v) is 7.61. The van der Waals surface area contributed by atoms with E-state index in [1.807, 2.05) is 12.1 Å². The van der Waals surface area contributed by atoms with E-state index in [9.17, 15) is 0 Å². The number of anilines is 1. The first kappa shape index (κ1) is 14.6. The highest BCUT2D eigenvalue weighted by Crippen LogP contribution is 2.23. The van der Waals surface area contributed by atoms with Crippen molar-refractivity contribution in [3.05, 3.63) is 66.2 Å². The molecule has 2 aromatic carbocycles. The lowest BCUT2D eigenvalue weighted by Crippen LogP contribution is -2.34. The Kier molecular flexibility index (Phi) is 5.67. The van der Waals surface area contributed by atoms with E-state index in [0.717, 1.165) is 6.54 Å². The van der Waals surface area contributed by atoms with Crippen LogP contribution in [0.5, 0.6) is 0 Å². The highest BCUT2D eigenvalue weighted by molar-refractivity contribution is 5.47. The van der Waals surface area contributed by atoms with E-state index >= 15 is 0 Å².